The number of carbonyl (C=O) groups is 1. The van der Waals surface area contributed by atoms with Crippen LogP contribution in [0.25, 0.3) is 11.4 Å². The van der Waals surface area contributed by atoms with Gasteiger partial charge < -0.3 is 5.32 Å². The number of benzene rings is 2. The minimum absolute atomic E-state index is 0.0681. The SMILES string of the molecule is C=CCn1c(SCC(=O)Nc2ccc(C)cc2F)nnc1-c1ccc(C(C)(C)C)cc1. The molecule has 3 aromatic rings. The van der Waals surface area contributed by atoms with Crippen LogP contribution in [-0.2, 0) is 16.8 Å². The molecule has 1 heterocycles. The smallest absolute Gasteiger partial charge is 0.234 e. The number of amides is 1. The Morgan fingerprint density at radius 3 is 2.52 bits per heavy atom. The summed E-state index contributed by atoms with van der Waals surface area (Å²) in [6.07, 6.45) is 1.77. The van der Waals surface area contributed by atoms with E-state index in [4.69, 9.17) is 0 Å². The predicted octanol–water partition coefficient (Wildman–Crippen LogP) is 5.61. The average molecular weight is 439 g/mol. The molecular formula is C24H27FN4OS. The summed E-state index contributed by atoms with van der Waals surface area (Å²) in [5.41, 5.74) is 3.22. The van der Waals surface area contributed by atoms with Crippen molar-refractivity contribution in [2.75, 3.05) is 11.1 Å². The summed E-state index contributed by atoms with van der Waals surface area (Å²) < 4.78 is 15.9. The number of anilines is 1. The van der Waals surface area contributed by atoms with Gasteiger partial charge in [-0.05, 0) is 35.6 Å². The highest BCUT2D eigenvalue weighted by Gasteiger charge is 2.17. The molecule has 1 amide bonds. The Morgan fingerprint density at radius 2 is 1.90 bits per heavy atom. The highest BCUT2D eigenvalue weighted by Crippen LogP contribution is 2.28. The lowest BCUT2D eigenvalue weighted by atomic mass is 9.87. The van der Waals surface area contributed by atoms with Gasteiger partial charge in [-0.15, -0.1) is 16.8 Å². The lowest BCUT2D eigenvalue weighted by Crippen LogP contribution is -2.15. The number of rotatable bonds is 7. The molecule has 0 unspecified atom stereocenters. The van der Waals surface area contributed by atoms with Gasteiger partial charge in [0.15, 0.2) is 11.0 Å². The molecule has 0 radical (unpaired) electrons. The standard InChI is InChI=1S/C24H27FN4OS/c1-6-13-29-22(17-8-10-18(11-9-17)24(3,4)5)27-28-23(29)31-15-21(30)26-20-12-7-16(2)14-19(20)25/h6-12,14H,1,13,15H2,2-5H3,(H,26,30). The number of nitrogens with zero attached hydrogens (tertiary/aromatic N) is 3. The van der Waals surface area contributed by atoms with E-state index in [1.165, 1.54) is 23.4 Å². The second kappa shape index (κ2) is 9.47. The lowest BCUT2D eigenvalue weighted by molar-refractivity contribution is -0.113. The van der Waals surface area contributed by atoms with Gasteiger partial charge in [-0.2, -0.15) is 0 Å². The fraction of sp³-hybridized carbons (Fsp3) is 0.292. The van der Waals surface area contributed by atoms with Crippen molar-refractivity contribution in [3.63, 3.8) is 0 Å². The zero-order valence-corrected chi connectivity index (χ0v) is 19.1. The molecule has 2 aromatic carbocycles. The van der Waals surface area contributed by atoms with Gasteiger partial charge in [0.2, 0.25) is 5.91 Å². The number of carbonyl (C=O) groups excluding carboxylic acids is 1. The molecule has 0 bridgehead atoms. The molecule has 0 aliphatic heterocycles. The summed E-state index contributed by atoms with van der Waals surface area (Å²) in [6.45, 7) is 12.6. The van der Waals surface area contributed by atoms with Crippen molar-refractivity contribution >= 4 is 23.4 Å². The van der Waals surface area contributed by atoms with E-state index in [1.54, 1.807) is 25.1 Å². The van der Waals surface area contributed by atoms with Crippen LogP contribution in [0.5, 0.6) is 0 Å². The van der Waals surface area contributed by atoms with Gasteiger partial charge in [0, 0.05) is 12.1 Å². The Labute approximate surface area is 186 Å². The molecule has 1 aromatic heterocycles. The van der Waals surface area contributed by atoms with Crippen molar-refractivity contribution in [2.24, 2.45) is 0 Å². The first-order valence-corrected chi connectivity index (χ1v) is 11.0. The van der Waals surface area contributed by atoms with Gasteiger partial charge in [0.05, 0.1) is 11.4 Å². The van der Waals surface area contributed by atoms with Gasteiger partial charge in [0.1, 0.15) is 5.82 Å². The third-order valence-electron chi connectivity index (χ3n) is 4.77. The fourth-order valence-electron chi connectivity index (χ4n) is 3.06. The van der Waals surface area contributed by atoms with E-state index in [1.807, 2.05) is 16.7 Å². The third-order valence-corrected chi connectivity index (χ3v) is 5.74. The van der Waals surface area contributed by atoms with Crippen molar-refractivity contribution < 1.29 is 9.18 Å². The molecule has 7 heteroatoms. The number of halogens is 1. The molecule has 0 aliphatic carbocycles. The van der Waals surface area contributed by atoms with E-state index >= 15 is 0 Å². The zero-order chi connectivity index (χ0) is 22.6. The number of hydrogen-bond acceptors (Lipinski definition) is 4. The number of nitrogens with one attached hydrogen (secondary N) is 1. The Bertz CT molecular complexity index is 1080. The van der Waals surface area contributed by atoms with E-state index in [0.29, 0.717) is 17.5 Å². The maximum absolute atomic E-state index is 14.0. The molecule has 0 atom stereocenters. The molecule has 5 nitrogen and oxygen atoms in total. The van der Waals surface area contributed by atoms with Gasteiger partial charge in [-0.1, -0.05) is 68.9 Å². The first-order valence-electron chi connectivity index (χ1n) is 10.0. The highest BCUT2D eigenvalue weighted by atomic mass is 32.2. The number of thioether (sulfide) groups is 1. The summed E-state index contributed by atoms with van der Waals surface area (Å²) in [4.78, 5) is 12.3. The topological polar surface area (TPSA) is 59.8 Å². The fourth-order valence-corrected chi connectivity index (χ4v) is 3.81. The van der Waals surface area contributed by atoms with E-state index in [9.17, 15) is 9.18 Å². The number of aromatic nitrogens is 3. The Kier molecular flexibility index (Phi) is 6.95. The van der Waals surface area contributed by atoms with Crippen LogP contribution in [-0.4, -0.2) is 26.4 Å². The summed E-state index contributed by atoms with van der Waals surface area (Å²) in [5.74, 6) is 0.0462. The van der Waals surface area contributed by atoms with Crippen molar-refractivity contribution in [1.82, 2.24) is 14.8 Å². The quantitative estimate of drug-likeness (QED) is 0.385. The molecular weight excluding hydrogens is 411 g/mol. The van der Waals surface area contributed by atoms with Crippen LogP contribution in [0.2, 0.25) is 0 Å². The molecule has 162 valence electrons. The number of allylic oxidation sites excluding steroid dienone is 1. The maximum Gasteiger partial charge on any atom is 0.234 e. The normalized spacial score (nSPS) is 11.4. The first kappa shape index (κ1) is 22.7. The molecule has 0 saturated carbocycles. The molecule has 0 saturated heterocycles. The van der Waals surface area contributed by atoms with Crippen LogP contribution in [0.3, 0.4) is 0 Å². The van der Waals surface area contributed by atoms with Gasteiger partial charge in [-0.25, -0.2) is 4.39 Å². The van der Waals surface area contributed by atoms with Gasteiger partial charge >= 0.3 is 0 Å². The van der Waals surface area contributed by atoms with Gasteiger partial charge in [0.25, 0.3) is 0 Å². The lowest BCUT2D eigenvalue weighted by Gasteiger charge is -2.19. The highest BCUT2D eigenvalue weighted by molar-refractivity contribution is 7.99. The molecule has 0 fully saturated rings. The second-order valence-corrected chi connectivity index (χ2v) is 9.30. The Balaban J connectivity index is 1.74. The Hall–Kier alpha value is -2.93. The molecule has 1 N–H and O–H groups in total. The maximum atomic E-state index is 14.0. The summed E-state index contributed by atoms with van der Waals surface area (Å²) in [5, 5.41) is 11.8. The van der Waals surface area contributed by atoms with Crippen LogP contribution in [0, 0.1) is 12.7 Å². The van der Waals surface area contributed by atoms with Crippen LogP contribution in [0.4, 0.5) is 10.1 Å². The molecule has 3 rings (SSSR count). The second-order valence-electron chi connectivity index (χ2n) is 8.35. The van der Waals surface area contributed by atoms with E-state index in [2.05, 4.69) is 55.0 Å². The monoisotopic (exact) mass is 438 g/mol. The average Bonchev–Trinajstić information content (AvgIpc) is 3.11. The van der Waals surface area contributed by atoms with Crippen LogP contribution >= 0.6 is 11.8 Å². The minimum atomic E-state index is -0.450. The molecule has 0 aliphatic rings. The third kappa shape index (κ3) is 5.61. The van der Waals surface area contributed by atoms with E-state index < -0.39 is 5.82 Å². The molecule has 0 spiro atoms. The summed E-state index contributed by atoms with van der Waals surface area (Å²) in [7, 11) is 0. The van der Waals surface area contributed by atoms with Crippen LogP contribution in [0.1, 0.15) is 31.9 Å². The molecule has 31 heavy (non-hydrogen) atoms. The largest absolute Gasteiger partial charge is 0.323 e. The number of aryl methyl sites for hydroxylation is 1. The van der Waals surface area contributed by atoms with E-state index in [-0.39, 0.29) is 22.8 Å². The predicted molar refractivity (Wildman–Crippen MR) is 125 cm³/mol. The Morgan fingerprint density at radius 1 is 1.19 bits per heavy atom. The van der Waals surface area contributed by atoms with Gasteiger partial charge in [-0.3, -0.25) is 9.36 Å². The van der Waals surface area contributed by atoms with E-state index in [0.717, 1.165) is 11.1 Å². The van der Waals surface area contributed by atoms with Crippen LogP contribution in [0.15, 0.2) is 60.3 Å². The first-order chi connectivity index (χ1) is 14.7. The van der Waals surface area contributed by atoms with Crippen molar-refractivity contribution in [1.29, 1.82) is 0 Å². The van der Waals surface area contributed by atoms with Crippen molar-refractivity contribution in [2.45, 2.75) is 44.8 Å². The summed E-state index contributed by atoms with van der Waals surface area (Å²) >= 11 is 1.25. The van der Waals surface area contributed by atoms with Crippen molar-refractivity contribution in [3.05, 3.63) is 72.1 Å². The van der Waals surface area contributed by atoms with Crippen LogP contribution < -0.4 is 5.32 Å². The minimum Gasteiger partial charge on any atom is -0.323 e. The summed E-state index contributed by atoms with van der Waals surface area (Å²) in [6, 6.07) is 13.0. The number of hydrogen-bond donors (Lipinski definition) is 1. The zero-order valence-electron chi connectivity index (χ0n) is 18.3. The van der Waals surface area contributed by atoms with Crippen molar-refractivity contribution in [3.8, 4) is 11.4 Å².